The van der Waals surface area contributed by atoms with Gasteiger partial charge in [-0.05, 0) is 18.2 Å². The van der Waals surface area contributed by atoms with Gasteiger partial charge in [0.1, 0.15) is 0 Å². The van der Waals surface area contributed by atoms with Crippen molar-refractivity contribution >= 4 is 49.9 Å². The molecule has 3 heterocycles. The second-order valence-electron chi connectivity index (χ2n) is 6.82. The normalized spacial score (nSPS) is 17.9. The topological polar surface area (TPSA) is 39.7 Å². The average Bonchev–Trinajstić information content (AvgIpc) is 3.25. The summed E-state index contributed by atoms with van der Waals surface area (Å²) in [5.74, 6) is -0.957. The minimum atomic E-state index is -0.648. The number of benzene rings is 1. The third-order valence-electron chi connectivity index (χ3n) is 5.00. The van der Waals surface area contributed by atoms with Crippen molar-refractivity contribution in [3.63, 3.8) is 0 Å². The van der Waals surface area contributed by atoms with E-state index in [1.165, 1.54) is 12.1 Å². The molecule has 1 saturated heterocycles. The Balaban J connectivity index is 1.40. The van der Waals surface area contributed by atoms with Crippen molar-refractivity contribution in [3.05, 3.63) is 68.5 Å². The molecule has 0 spiro atoms. The minimum absolute atomic E-state index is 0.0281. The zero-order valence-corrected chi connectivity index (χ0v) is 18.7. The van der Waals surface area contributed by atoms with Gasteiger partial charge in [-0.1, -0.05) is 39.7 Å². The molecule has 5 nitrogen and oxygen atoms in total. The Morgan fingerprint density at radius 2 is 2.07 bits per heavy atom. The van der Waals surface area contributed by atoms with Crippen molar-refractivity contribution in [1.29, 1.82) is 0 Å². The lowest BCUT2D eigenvalue weighted by molar-refractivity contribution is 0.0642. The van der Waals surface area contributed by atoms with Gasteiger partial charge in [-0.2, -0.15) is 0 Å². The Morgan fingerprint density at radius 3 is 2.79 bits per heavy atom. The zero-order chi connectivity index (χ0) is 20.4. The van der Waals surface area contributed by atoms with E-state index in [9.17, 15) is 9.18 Å². The van der Waals surface area contributed by atoms with E-state index in [0.717, 1.165) is 41.5 Å². The van der Waals surface area contributed by atoms with Gasteiger partial charge in [0, 0.05) is 61.0 Å². The highest BCUT2D eigenvalue weighted by molar-refractivity contribution is 9.11. The number of rotatable bonds is 4. The summed E-state index contributed by atoms with van der Waals surface area (Å²) < 4.78 is 15.3. The van der Waals surface area contributed by atoms with Crippen LogP contribution in [0.1, 0.15) is 10.4 Å². The molecule has 152 valence electrons. The molecule has 0 aliphatic carbocycles. The van der Waals surface area contributed by atoms with Gasteiger partial charge in [0.2, 0.25) is 0 Å². The number of anilines is 1. The van der Waals surface area contributed by atoms with Crippen LogP contribution in [-0.4, -0.2) is 60.0 Å². The lowest BCUT2D eigenvalue weighted by Gasteiger charge is -2.37. The molecule has 2 aliphatic rings. The number of piperazine rings is 1. The number of halogens is 3. The Bertz CT molecular complexity index is 957. The van der Waals surface area contributed by atoms with Crippen LogP contribution in [0.25, 0.3) is 0 Å². The number of aromatic nitrogens is 1. The summed E-state index contributed by atoms with van der Waals surface area (Å²) in [6, 6.07) is 4.53. The van der Waals surface area contributed by atoms with Crippen LogP contribution in [0.4, 0.5) is 9.52 Å². The van der Waals surface area contributed by atoms with Crippen LogP contribution in [0.3, 0.4) is 0 Å². The number of nitrogens with zero attached hydrogens (tertiary/aromatic N) is 4. The Hall–Kier alpha value is -1.74. The van der Waals surface area contributed by atoms with Crippen molar-refractivity contribution in [2.75, 3.05) is 44.2 Å². The molecule has 0 radical (unpaired) electrons. The average molecular weight is 498 g/mol. The SMILES string of the molecule is O=C(c1cccc(Cl)c1F)N1CCN(CC2=CC(Br)=CCN2c2nccs2)CC1. The fourth-order valence-corrected chi connectivity index (χ4v) is 4.72. The van der Waals surface area contributed by atoms with Gasteiger partial charge < -0.3 is 9.80 Å². The molecule has 9 heteroatoms. The molecule has 1 fully saturated rings. The van der Waals surface area contributed by atoms with Gasteiger partial charge in [0.15, 0.2) is 10.9 Å². The molecular formula is C20H19BrClFN4OS. The second-order valence-corrected chi connectivity index (χ2v) is 9.02. The molecule has 2 aromatic rings. The first-order chi connectivity index (χ1) is 14.0. The number of carbonyl (C=O) groups excluding carboxylic acids is 1. The van der Waals surface area contributed by atoms with E-state index in [1.807, 2.05) is 11.6 Å². The maximum Gasteiger partial charge on any atom is 0.256 e. The fraction of sp³-hybridized carbons (Fsp3) is 0.300. The maximum absolute atomic E-state index is 14.2. The summed E-state index contributed by atoms with van der Waals surface area (Å²) in [4.78, 5) is 23.3. The number of hydrogen-bond donors (Lipinski definition) is 0. The van der Waals surface area contributed by atoms with Crippen LogP contribution in [-0.2, 0) is 0 Å². The highest BCUT2D eigenvalue weighted by Crippen LogP contribution is 2.28. The van der Waals surface area contributed by atoms with Gasteiger partial charge in [-0.25, -0.2) is 9.37 Å². The molecule has 0 atom stereocenters. The van der Waals surface area contributed by atoms with Crippen molar-refractivity contribution in [2.45, 2.75) is 0 Å². The highest BCUT2D eigenvalue weighted by Gasteiger charge is 2.26. The van der Waals surface area contributed by atoms with Gasteiger partial charge >= 0.3 is 0 Å². The molecule has 2 aliphatic heterocycles. The number of allylic oxidation sites excluding steroid dienone is 2. The van der Waals surface area contributed by atoms with E-state index in [2.05, 4.69) is 42.9 Å². The zero-order valence-electron chi connectivity index (χ0n) is 15.5. The largest absolute Gasteiger partial charge is 0.336 e. The number of thiazole rings is 1. The standard InChI is InChI=1S/C20H19BrClFN4OS/c21-14-4-6-27(20-24-5-11-29-20)15(12-14)13-25-7-9-26(10-8-25)19(28)16-2-1-3-17(22)18(16)23/h1-5,11-12H,6-10,13H2. The summed E-state index contributed by atoms with van der Waals surface area (Å²) in [5.41, 5.74) is 1.19. The van der Waals surface area contributed by atoms with Crippen LogP contribution in [0.15, 0.2) is 52.1 Å². The van der Waals surface area contributed by atoms with E-state index in [0.29, 0.717) is 13.1 Å². The number of hydrogen-bond acceptors (Lipinski definition) is 5. The lowest BCUT2D eigenvalue weighted by atomic mass is 10.1. The first-order valence-corrected chi connectivity index (χ1v) is 11.3. The van der Waals surface area contributed by atoms with Crippen LogP contribution >= 0.6 is 38.9 Å². The second kappa shape index (κ2) is 8.95. The summed E-state index contributed by atoms with van der Waals surface area (Å²) in [7, 11) is 0. The molecule has 1 aromatic carbocycles. The van der Waals surface area contributed by atoms with E-state index < -0.39 is 5.82 Å². The van der Waals surface area contributed by atoms with E-state index in [1.54, 1.807) is 22.3 Å². The predicted octanol–water partition coefficient (Wildman–Crippen LogP) is 4.38. The van der Waals surface area contributed by atoms with Gasteiger partial charge in [-0.3, -0.25) is 9.69 Å². The Kier molecular flexibility index (Phi) is 6.34. The van der Waals surface area contributed by atoms with Crippen molar-refractivity contribution in [2.24, 2.45) is 0 Å². The van der Waals surface area contributed by atoms with Crippen molar-refractivity contribution in [3.8, 4) is 0 Å². The first-order valence-electron chi connectivity index (χ1n) is 9.22. The lowest BCUT2D eigenvalue weighted by Crippen LogP contribution is -2.50. The number of amides is 1. The number of carbonyl (C=O) groups is 1. The Morgan fingerprint density at radius 1 is 1.28 bits per heavy atom. The summed E-state index contributed by atoms with van der Waals surface area (Å²) in [5, 5.41) is 2.91. The molecule has 1 aromatic heterocycles. The molecule has 0 saturated carbocycles. The summed E-state index contributed by atoms with van der Waals surface area (Å²) in [6.45, 7) is 4.07. The summed E-state index contributed by atoms with van der Waals surface area (Å²) >= 11 is 11.0. The first kappa shape index (κ1) is 20.5. The van der Waals surface area contributed by atoms with Crippen molar-refractivity contribution in [1.82, 2.24) is 14.8 Å². The fourth-order valence-electron chi connectivity index (χ4n) is 3.45. The van der Waals surface area contributed by atoms with E-state index in [4.69, 9.17) is 11.6 Å². The van der Waals surface area contributed by atoms with Crippen LogP contribution in [0, 0.1) is 5.82 Å². The maximum atomic E-state index is 14.2. The highest BCUT2D eigenvalue weighted by atomic mass is 79.9. The minimum Gasteiger partial charge on any atom is -0.336 e. The molecule has 0 unspecified atom stereocenters. The third kappa shape index (κ3) is 4.55. The van der Waals surface area contributed by atoms with Crippen LogP contribution in [0.5, 0.6) is 0 Å². The summed E-state index contributed by atoms with van der Waals surface area (Å²) in [6.07, 6.45) is 6.04. The van der Waals surface area contributed by atoms with Gasteiger partial charge in [0.05, 0.1) is 10.6 Å². The molecule has 0 N–H and O–H groups in total. The molecule has 1 amide bonds. The third-order valence-corrected chi connectivity index (χ3v) is 6.64. The van der Waals surface area contributed by atoms with Gasteiger partial charge in [-0.15, -0.1) is 11.3 Å². The molecule has 29 heavy (non-hydrogen) atoms. The molecule has 0 bridgehead atoms. The quantitative estimate of drug-likeness (QED) is 0.629. The van der Waals surface area contributed by atoms with E-state index >= 15 is 0 Å². The van der Waals surface area contributed by atoms with Crippen molar-refractivity contribution < 1.29 is 9.18 Å². The van der Waals surface area contributed by atoms with E-state index in [-0.39, 0.29) is 16.5 Å². The van der Waals surface area contributed by atoms with Crippen LogP contribution in [0.2, 0.25) is 5.02 Å². The smallest absolute Gasteiger partial charge is 0.256 e. The monoisotopic (exact) mass is 496 g/mol. The molecular weight excluding hydrogens is 479 g/mol. The van der Waals surface area contributed by atoms with Gasteiger partial charge in [0.25, 0.3) is 5.91 Å². The van der Waals surface area contributed by atoms with Crippen LogP contribution < -0.4 is 4.90 Å². The Labute approximate surface area is 186 Å². The molecule has 4 rings (SSSR count). The predicted molar refractivity (Wildman–Crippen MR) is 118 cm³/mol.